The van der Waals surface area contributed by atoms with Crippen LogP contribution >= 0.6 is 0 Å². The van der Waals surface area contributed by atoms with Gasteiger partial charge >= 0.3 is 5.69 Å². The Hall–Kier alpha value is -3.42. The third-order valence-electron chi connectivity index (χ3n) is 5.61. The summed E-state index contributed by atoms with van der Waals surface area (Å²) in [6.45, 7) is 0.500. The number of hydrogen-bond donors (Lipinski definition) is 2. The van der Waals surface area contributed by atoms with Crippen LogP contribution in [0.2, 0.25) is 0 Å². The molecule has 1 fully saturated rings. The van der Waals surface area contributed by atoms with E-state index in [1.807, 2.05) is 12.1 Å². The molecule has 30 heavy (non-hydrogen) atoms. The molecule has 152 valence electrons. The van der Waals surface area contributed by atoms with Gasteiger partial charge in [-0.05, 0) is 31.0 Å². The number of aromatic nitrogens is 4. The van der Waals surface area contributed by atoms with Crippen molar-refractivity contribution in [2.24, 2.45) is 0 Å². The van der Waals surface area contributed by atoms with Crippen molar-refractivity contribution < 1.29 is 8.42 Å². The Bertz CT molecular complexity index is 1470. The molecule has 0 bridgehead atoms. The van der Waals surface area contributed by atoms with Crippen LogP contribution in [0.3, 0.4) is 0 Å². The molecule has 9 nitrogen and oxygen atoms in total. The highest BCUT2D eigenvalue weighted by Gasteiger charge is 2.33. The van der Waals surface area contributed by atoms with E-state index in [1.165, 1.54) is 16.4 Å². The van der Waals surface area contributed by atoms with Gasteiger partial charge in [0.2, 0.25) is 10.0 Å². The number of nitrogens with one attached hydrogen (secondary N) is 2. The molecule has 1 saturated heterocycles. The highest BCUT2D eigenvalue weighted by molar-refractivity contribution is 7.89. The summed E-state index contributed by atoms with van der Waals surface area (Å²) in [6.07, 6.45) is 4.65. The molecule has 3 aromatic heterocycles. The van der Waals surface area contributed by atoms with Gasteiger partial charge in [-0.15, -0.1) is 0 Å². The van der Waals surface area contributed by atoms with E-state index in [4.69, 9.17) is 0 Å². The van der Waals surface area contributed by atoms with Crippen LogP contribution in [0, 0.1) is 11.3 Å². The molecule has 0 unspecified atom stereocenters. The fourth-order valence-electron chi connectivity index (χ4n) is 4.24. The highest BCUT2D eigenvalue weighted by atomic mass is 32.2. The number of aromatic amines is 2. The monoisotopic (exact) mass is 422 g/mol. The van der Waals surface area contributed by atoms with Gasteiger partial charge in [0.1, 0.15) is 11.7 Å². The van der Waals surface area contributed by atoms with Gasteiger partial charge in [0.05, 0.1) is 33.7 Å². The van der Waals surface area contributed by atoms with Crippen LogP contribution in [-0.4, -0.2) is 45.3 Å². The third-order valence-corrected chi connectivity index (χ3v) is 7.53. The number of piperidine rings is 1. The van der Waals surface area contributed by atoms with Crippen molar-refractivity contribution in [1.82, 2.24) is 23.8 Å². The minimum absolute atomic E-state index is 0.00310. The van der Waals surface area contributed by atoms with Gasteiger partial charge < -0.3 is 9.97 Å². The van der Waals surface area contributed by atoms with Crippen molar-refractivity contribution >= 4 is 32.1 Å². The van der Waals surface area contributed by atoms with E-state index in [9.17, 15) is 18.5 Å². The first kappa shape index (κ1) is 18.6. The molecule has 1 aliphatic heterocycles. The average molecular weight is 422 g/mol. The smallest absolute Gasteiger partial charge is 0.326 e. The van der Waals surface area contributed by atoms with Crippen LogP contribution in [0.4, 0.5) is 0 Å². The maximum absolute atomic E-state index is 13.3. The zero-order valence-electron chi connectivity index (χ0n) is 15.9. The summed E-state index contributed by atoms with van der Waals surface area (Å²) < 4.78 is 29.5. The van der Waals surface area contributed by atoms with Crippen molar-refractivity contribution in [3.05, 3.63) is 58.8 Å². The van der Waals surface area contributed by atoms with E-state index < -0.39 is 10.0 Å². The lowest BCUT2D eigenvalue weighted by Gasteiger charge is -2.32. The molecule has 0 radical (unpaired) electrons. The number of fused-ring (bicyclic) bond motifs is 3. The number of imidazole rings is 1. The van der Waals surface area contributed by atoms with E-state index >= 15 is 0 Å². The Kier molecular flexibility index (Phi) is 4.23. The number of pyridine rings is 1. The Labute approximate surface area is 171 Å². The molecule has 10 heteroatoms. The van der Waals surface area contributed by atoms with Crippen molar-refractivity contribution in [3.8, 4) is 6.07 Å². The normalized spacial score (nSPS) is 18.0. The summed E-state index contributed by atoms with van der Waals surface area (Å²) >= 11 is 0. The second-order valence-electron chi connectivity index (χ2n) is 7.33. The summed E-state index contributed by atoms with van der Waals surface area (Å²) in [7, 11) is -3.86. The van der Waals surface area contributed by atoms with E-state index in [2.05, 4.69) is 15.0 Å². The van der Waals surface area contributed by atoms with E-state index in [0.29, 0.717) is 36.1 Å². The van der Waals surface area contributed by atoms with Crippen LogP contribution in [0.25, 0.3) is 22.1 Å². The number of nitriles is 1. The summed E-state index contributed by atoms with van der Waals surface area (Å²) in [5, 5.41) is 10.1. The van der Waals surface area contributed by atoms with E-state index in [0.717, 1.165) is 5.39 Å². The number of rotatable bonds is 3. The Morgan fingerprint density at radius 3 is 2.90 bits per heavy atom. The highest BCUT2D eigenvalue weighted by Crippen LogP contribution is 2.30. The number of benzene rings is 1. The summed E-state index contributed by atoms with van der Waals surface area (Å²) in [5.41, 5.74) is 1.82. The topological polar surface area (TPSA) is 128 Å². The Morgan fingerprint density at radius 1 is 1.23 bits per heavy atom. The molecule has 1 atom stereocenters. The standard InChI is InChI=1S/C20H18N6O3S/c21-10-13-4-1-2-6-17(13)30(28,29)25-9-3-5-14(12-25)26-18-15-7-8-22-19(15)23-11-16(18)24-20(26)27/h1-2,4,6-8,11,14H,3,5,9,12H2,(H,22,23)(H,24,27)/t14-/m1/s1. The van der Waals surface area contributed by atoms with Crippen LogP contribution in [-0.2, 0) is 10.0 Å². The van der Waals surface area contributed by atoms with Gasteiger partial charge in [0, 0.05) is 24.7 Å². The maximum Gasteiger partial charge on any atom is 0.326 e. The zero-order chi connectivity index (χ0) is 20.9. The Morgan fingerprint density at radius 2 is 2.07 bits per heavy atom. The van der Waals surface area contributed by atoms with Gasteiger partial charge in [-0.1, -0.05) is 12.1 Å². The minimum atomic E-state index is -3.86. The fourth-order valence-corrected chi connectivity index (χ4v) is 5.90. The molecule has 5 rings (SSSR count). The van der Waals surface area contributed by atoms with E-state index in [1.54, 1.807) is 29.1 Å². The predicted octanol–water partition coefficient (Wildman–Crippen LogP) is 2.10. The number of nitrogens with zero attached hydrogens (tertiary/aromatic N) is 4. The van der Waals surface area contributed by atoms with Crippen LogP contribution in [0.1, 0.15) is 24.4 Å². The lowest BCUT2D eigenvalue weighted by Crippen LogP contribution is -2.42. The lowest BCUT2D eigenvalue weighted by molar-refractivity contribution is 0.267. The number of H-pyrrole nitrogens is 2. The van der Waals surface area contributed by atoms with Crippen molar-refractivity contribution in [3.63, 3.8) is 0 Å². The minimum Gasteiger partial charge on any atom is -0.346 e. The zero-order valence-corrected chi connectivity index (χ0v) is 16.7. The average Bonchev–Trinajstić information content (AvgIpc) is 3.37. The number of hydrogen-bond acceptors (Lipinski definition) is 5. The SMILES string of the molecule is N#Cc1ccccc1S(=O)(=O)N1CCC[C@@H](n2c(=O)[nH]c3cnc4[nH]ccc4c32)C1. The van der Waals surface area contributed by atoms with Crippen LogP contribution in [0.5, 0.6) is 0 Å². The first-order valence-electron chi connectivity index (χ1n) is 9.56. The van der Waals surface area contributed by atoms with Crippen LogP contribution < -0.4 is 5.69 Å². The predicted molar refractivity (Wildman–Crippen MR) is 110 cm³/mol. The molecule has 4 heterocycles. The van der Waals surface area contributed by atoms with Gasteiger partial charge in [-0.25, -0.2) is 18.2 Å². The van der Waals surface area contributed by atoms with E-state index in [-0.39, 0.29) is 28.7 Å². The molecule has 4 aromatic rings. The van der Waals surface area contributed by atoms with Gasteiger partial charge in [-0.2, -0.15) is 9.57 Å². The van der Waals surface area contributed by atoms with Crippen molar-refractivity contribution in [2.75, 3.05) is 13.1 Å². The van der Waals surface area contributed by atoms with Crippen molar-refractivity contribution in [1.29, 1.82) is 5.26 Å². The summed E-state index contributed by atoms with van der Waals surface area (Å²) in [6, 6.07) is 9.67. The molecule has 1 aromatic carbocycles. The molecule has 2 N–H and O–H groups in total. The summed E-state index contributed by atoms with van der Waals surface area (Å²) in [5.74, 6) is 0. The molecule has 0 saturated carbocycles. The maximum atomic E-state index is 13.3. The first-order chi connectivity index (χ1) is 14.5. The third kappa shape index (κ3) is 2.74. The molecule has 0 amide bonds. The molecule has 0 spiro atoms. The van der Waals surface area contributed by atoms with Crippen LogP contribution in [0.15, 0.2) is 52.4 Å². The fraction of sp³-hybridized carbons (Fsp3) is 0.250. The summed E-state index contributed by atoms with van der Waals surface area (Å²) in [4.78, 5) is 23.0. The molecular formula is C20H18N6O3S. The molecule has 1 aliphatic rings. The second kappa shape index (κ2) is 6.83. The van der Waals surface area contributed by atoms with Gasteiger partial charge in [-0.3, -0.25) is 4.57 Å². The van der Waals surface area contributed by atoms with Gasteiger partial charge in [0.15, 0.2) is 0 Å². The first-order valence-corrected chi connectivity index (χ1v) is 11.0. The quantitative estimate of drug-likeness (QED) is 0.523. The molecular weight excluding hydrogens is 404 g/mol. The van der Waals surface area contributed by atoms with Crippen molar-refractivity contribution in [2.45, 2.75) is 23.8 Å². The van der Waals surface area contributed by atoms with Gasteiger partial charge in [0.25, 0.3) is 0 Å². The number of sulfonamides is 1. The Balaban J connectivity index is 1.59. The molecule has 0 aliphatic carbocycles. The largest absolute Gasteiger partial charge is 0.346 e. The lowest BCUT2D eigenvalue weighted by atomic mass is 10.1. The second-order valence-corrected chi connectivity index (χ2v) is 9.23.